The third-order valence-corrected chi connectivity index (χ3v) is 2.78. The maximum atomic E-state index is 11.7. The quantitative estimate of drug-likeness (QED) is 0.541. The molecule has 0 radical (unpaired) electrons. The molecule has 1 atom stereocenters. The minimum absolute atomic E-state index is 0.0434. The number of likely N-dealkylation sites (N-methyl/N-ethyl adjacent to an activating group) is 1. The summed E-state index contributed by atoms with van der Waals surface area (Å²) in [5.41, 5.74) is 0.604. The van der Waals surface area contributed by atoms with Crippen molar-refractivity contribution in [2.24, 2.45) is 0 Å². The van der Waals surface area contributed by atoms with Crippen LogP contribution in [-0.2, 0) is 9.59 Å². The summed E-state index contributed by atoms with van der Waals surface area (Å²) in [5, 5.41) is 7.53. The second-order valence-electron chi connectivity index (χ2n) is 5.03. The molecule has 1 aromatic rings. The van der Waals surface area contributed by atoms with Crippen LogP contribution in [-0.4, -0.2) is 44.5 Å². The monoisotopic (exact) mass is 307 g/mol. The van der Waals surface area contributed by atoms with Gasteiger partial charge in [-0.25, -0.2) is 4.79 Å². The molecule has 0 saturated carbocycles. The summed E-state index contributed by atoms with van der Waals surface area (Å²) >= 11 is 0. The van der Waals surface area contributed by atoms with Gasteiger partial charge in [-0.1, -0.05) is 25.1 Å². The zero-order valence-corrected chi connectivity index (χ0v) is 12.9. The summed E-state index contributed by atoms with van der Waals surface area (Å²) in [4.78, 5) is 35.6. The third-order valence-electron chi connectivity index (χ3n) is 2.78. The highest BCUT2D eigenvalue weighted by molar-refractivity contribution is 6.01. The molecule has 1 rings (SSSR count). The van der Waals surface area contributed by atoms with Crippen LogP contribution in [0.3, 0.4) is 0 Å². The third kappa shape index (κ3) is 7.39. The average molecular weight is 307 g/mol. The van der Waals surface area contributed by atoms with Crippen molar-refractivity contribution < 1.29 is 19.3 Å². The molecule has 0 heterocycles. The van der Waals surface area contributed by atoms with Gasteiger partial charge in [0.05, 0.1) is 7.05 Å². The van der Waals surface area contributed by atoms with Gasteiger partial charge < -0.3 is 15.5 Å². The van der Waals surface area contributed by atoms with Crippen molar-refractivity contribution in [2.45, 2.75) is 13.3 Å². The number of rotatable bonds is 7. The van der Waals surface area contributed by atoms with Gasteiger partial charge in [-0.15, -0.1) is 0 Å². The summed E-state index contributed by atoms with van der Waals surface area (Å²) in [6.07, 6.45) is 0.866. The van der Waals surface area contributed by atoms with E-state index in [0.29, 0.717) is 17.1 Å². The van der Waals surface area contributed by atoms with Crippen molar-refractivity contribution in [1.29, 1.82) is 0 Å². The Morgan fingerprint density at radius 3 is 2.32 bits per heavy atom. The Balaban J connectivity index is 2.30. The van der Waals surface area contributed by atoms with Gasteiger partial charge in [0.15, 0.2) is 13.1 Å². The van der Waals surface area contributed by atoms with E-state index < -0.39 is 11.9 Å². The number of para-hydroxylation sites is 1. The van der Waals surface area contributed by atoms with Crippen molar-refractivity contribution in [3.63, 3.8) is 0 Å². The molecule has 0 saturated heterocycles. The summed E-state index contributed by atoms with van der Waals surface area (Å²) < 4.78 is 0. The zero-order chi connectivity index (χ0) is 16.4. The van der Waals surface area contributed by atoms with E-state index in [2.05, 4.69) is 16.0 Å². The van der Waals surface area contributed by atoms with Gasteiger partial charge in [0.2, 0.25) is 0 Å². The van der Waals surface area contributed by atoms with Crippen LogP contribution in [0.25, 0.3) is 0 Å². The minimum Gasteiger partial charge on any atom is -0.351 e. The van der Waals surface area contributed by atoms with Crippen molar-refractivity contribution in [3.05, 3.63) is 30.3 Å². The fraction of sp³-hybridized carbons (Fsp3) is 0.400. The highest BCUT2D eigenvalue weighted by atomic mass is 16.2. The molecular weight excluding hydrogens is 284 g/mol. The van der Waals surface area contributed by atoms with Crippen molar-refractivity contribution in [2.75, 3.05) is 32.0 Å². The minimum atomic E-state index is -0.584. The molecule has 0 aliphatic rings. The number of anilines is 1. The van der Waals surface area contributed by atoms with E-state index in [4.69, 9.17) is 0 Å². The van der Waals surface area contributed by atoms with Crippen LogP contribution in [0.2, 0.25) is 0 Å². The first-order chi connectivity index (χ1) is 10.5. The van der Waals surface area contributed by atoms with Crippen molar-refractivity contribution >= 4 is 23.5 Å². The van der Waals surface area contributed by atoms with Crippen LogP contribution in [0.1, 0.15) is 13.3 Å². The number of imide groups is 1. The molecule has 7 heteroatoms. The van der Waals surface area contributed by atoms with Crippen LogP contribution in [0.5, 0.6) is 0 Å². The second kappa shape index (κ2) is 9.51. The number of benzene rings is 1. The number of quaternary nitrogens is 1. The van der Waals surface area contributed by atoms with E-state index >= 15 is 0 Å². The van der Waals surface area contributed by atoms with Crippen molar-refractivity contribution in [1.82, 2.24) is 10.6 Å². The predicted octanol–water partition coefficient (Wildman–Crippen LogP) is -0.624. The van der Waals surface area contributed by atoms with E-state index in [1.165, 1.54) is 0 Å². The van der Waals surface area contributed by atoms with E-state index in [1.807, 2.05) is 13.0 Å². The number of hydrogen-bond donors (Lipinski definition) is 4. The first-order valence-electron chi connectivity index (χ1n) is 7.25. The Morgan fingerprint density at radius 2 is 1.68 bits per heavy atom. The second-order valence-corrected chi connectivity index (χ2v) is 5.03. The average Bonchev–Trinajstić information content (AvgIpc) is 2.45. The summed E-state index contributed by atoms with van der Waals surface area (Å²) in [7, 11) is 1.72. The zero-order valence-electron chi connectivity index (χ0n) is 12.9. The Morgan fingerprint density at radius 1 is 1.05 bits per heavy atom. The molecule has 4 N–H and O–H groups in total. The molecule has 0 bridgehead atoms. The molecule has 0 aromatic heterocycles. The molecule has 0 fully saturated rings. The van der Waals surface area contributed by atoms with E-state index in [9.17, 15) is 14.4 Å². The molecule has 0 aliphatic carbocycles. The number of urea groups is 1. The van der Waals surface area contributed by atoms with Gasteiger partial charge in [0, 0.05) is 12.2 Å². The molecule has 0 spiro atoms. The molecule has 7 nitrogen and oxygen atoms in total. The highest BCUT2D eigenvalue weighted by Crippen LogP contribution is 2.03. The standard InChI is InChI=1S/C15H22N4O3/c1-3-9-16-13(20)10-19(2)11-14(21)18-15(22)17-12-7-5-4-6-8-12/h4-8H,3,9-11H2,1-2H3,(H,16,20)(H2,17,18,21,22)/p+1. The number of amides is 4. The molecule has 1 aromatic carbocycles. The van der Waals surface area contributed by atoms with Gasteiger partial charge in [0.25, 0.3) is 11.8 Å². The molecule has 120 valence electrons. The van der Waals surface area contributed by atoms with Crippen LogP contribution in [0.15, 0.2) is 30.3 Å². The maximum absolute atomic E-state index is 11.7. The fourth-order valence-corrected chi connectivity index (χ4v) is 1.79. The number of nitrogens with one attached hydrogen (secondary N) is 4. The summed E-state index contributed by atoms with van der Waals surface area (Å²) in [6, 6.07) is 8.25. The van der Waals surface area contributed by atoms with Crippen molar-refractivity contribution in [3.8, 4) is 0 Å². The van der Waals surface area contributed by atoms with E-state index in [0.717, 1.165) is 6.42 Å². The first kappa shape index (κ1) is 17.6. The van der Waals surface area contributed by atoms with Crippen LogP contribution in [0, 0.1) is 0 Å². The Hall–Kier alpha value is -2.41. The lowest BCUT2D eigenvalue weighted by Gasteiger charge is -2.13. The number of hydrogen-bond acceptors (Lipinski definition) is 3. The lowest BCUT2D eigenvalue weighted by molar-refractivity contribution is -0.862. The summed E-state index contributed by atoms with van der Waals surface area (Å²) in [6.45, 7) is 2.82. The van der Waals surface area contributed by atoms with Crippen LogP contribution in [0.4, 0.5) is 10.5 Å². The smallest absolute Gasteiger partial charge is 0.326 e. The fourth-order valence-electron chi connectivity index (χ4n) is 1.79. The van der Waals surface area contributed by atoms with Crippen LogP contribution < -0.4 is 20.9 Å². The highest BCUT2D eigenvalue weighted by Gasteiger charge is 2.15. The lowest BCUT2D eigenvalue weighted by atomic mass is 10.3. The predicted molar refractivity (Wildman–Crippen MR) is 83.5 cm³/mol. The Bertz CT molecular complexity index is 505. The molecule has 22 heavy (non-hydrogen) atoms. The van der Waals surface area contributed by atoms with E-state index in [1.54, 1.807) is 31.3 Å². The lowest BCUT2D eigenvalue weighted by Crippen LogP contribution is -3.11. The summed E-state index contributed by atoms with van der Waals surface area (Å²) in [5.74, 6) is -0.546. The van der Waals surface area contributed by atoms with E-state index in [-0.39, 0.29) is 19.0 Å². The molecule has 0 aliphatic heterocycles. The number of carbonyl (C=O) groups is 3. The van der Waals surface area contributed by atoms with Gasteiger partial charge >= 0.3 is 6.03 Å². The first-order valence-corrected chi connectivity index (χ1v) is 7.25. The maximum Gasteiger partial charge on any atom is 0.326 e. The van der Waals surface area contributed by atoms with Crippen LogP contribution >= 0.6 is 0 Å². The Kier molecular flexibility index (Phi) is 7.63. The largest absolute Gasteiger partial charge is 0.351 e. The molecule has 1 unspecified atom stereocenters. The normalized spacial score (nSPS) is 11.4. The topological polar surface area (TPSA) is 91.7 Å². The van der Waals surface area contributed by atoms with Gasteiger partial charge in [-0.2, -0.15) is 0 Å². The number of carbonyl (C=O) groups excluding carboxylic acids is 3. The SMILES string of the molecule is CCCNC(=O)C[NH+](C)CC(=O)NC(=O)Nc1ccccc1. The molecule has 4 amide bonds. The van der Waals surface area contributed by atoms with Gasteiger partial charge in [-0.3, -0.25) is 14.9 Å². The van der Waals surface area contributed by atoms with Gasteiger partial charge in [0.1, 0.15) is 0 Å². The van der Waals surface area contributed by atoms with Gasteiger partial charge in [-0.05, 0) is 18.6 Å². The Labute approximate surface area is 130 Å². The molecular formula is C15H23N4O3+.